The van der Waals surface area contributed by atoms with Crippen molar-refractivity contribution in [1.82, 2.24) is 15.4 Å². The van der Waals surface area contributed by atoms with Gasteiger partial charge in [-0.05, 0) is 54.0 Å². The highest BCUT2D eigenvalue weighted by Gasteiger charge is 2.19. The fourth-order valence-corrected chi connectivity index (χ4v) is 4.96. The second-order valence-corrected chi connectivity index (χ2v) is 8.93. The Morgan fingerprint density at radius 1 is 1.38 bits per heavy atom. The smallest absolute Gasteiger partial charge is 0.250 e. The van der Waals surface area contributed by atoms with Crippen molar-refractivity contribution in [3.05, 3.63) is 15.9 Å². The molecule has 0 bridgehead atoms. The van der Waals surface area contributed by atoms with Gasteiger partial charge in [-0.3, -0.25) is 4.79 Å². The lowest BCUT2D eigenvalue weighted by atomic mass is 10.1. The molecule has 1 aliphatic heterocycles. The molecule has 0 atom stereocenters. The van der Waals surface area contributed by atoms with E-state index in [0.717, 1.165) is 41.1 Å². The van der Waals surface area contributed by atoms with Crippen LogP contribution < -0.4 is 15.4 Å². The number of piperidine rings is 1. The van der Waals surface area contributed by atoms with Crippen molar-refractivity contribution >= 4 is 55.6 Å². The van der Waals surface area contributed by atoms with Gasteiger partial charge < -0.3 is 10.6 Å². The molecule has 1 fully saturated rings. The van der Waals surface area contributed by atoms with Crippen molar-refractivity contribution in [3.8, 4) is 0 Å². The van der Waals surface area contributed by atoms with Gasteiger partial charge in [-0.15, -0.1) is 23.7 Å². The van der Waals surface area contributed by atoms with E-state index in [0.29, 0.717) is 0 Å². The Morgan fingerprint density at radius 3 is 2.62 bits per heavy atom. The van der Waals surface area contributed by atoms with Gasteiger partial charge in [0, 0.05) is 6.04 Å². The standard InChI is InChI=1S/C11H16BrN3O3S2.ClH/c12-9-1-2-11(19-9)20(17,18)14-7-10(16)15-8-3-5-13-6-4-8;/h1-2,8,13-14H,3-7H2,(H,15,16);1H. The van der Waals surface area contributed by atoms with Gasteiger partial charge in [0.1, 0.15) is 4.21 Å². The van der Waals surface area contributed by atoms with Gasteiger partial charge in [0.15, 0.2) is 0 Å². The summed E-state index contributed by atoms with van der Waals surface area (Å²) in [6.45, 7) is 1.52. The van der Waals surface area contributed by atoms with Gasteiger partial charge in [-0.25, -0.2) is 13.1 Å². The summed E-state index contributed by atoms with van der Waals surface area (Å²) in [5, 5.41) is 6.04. The molecule has 10 heteroatoms. The molecule has 0 unspecified atom stereocenters. The highest BCUT2D eigenvalue weighted by Crippen LogP contribution is 2.25. The maximum absolute atomic E-state index is 11.9. The first-order valence-electron chi connectivity index (χ1n) is 6.22. The Hall–Kier alpha value is -0.190. The van der Waals surface area contributed by atoms with E-state index in [4.69, 9.17) is 0 Å². The third kappa shape index (κ3) is 5.84. The normalized spacial score (nSPS) is 16.2. The zero-order valence-corrected chi connectivity index (χ0v) is 15.1. The molecule has 120 valence electrons. The second kappa shape index (κ2) is 8.44. The van der Waals surface area contributed by atoms with Crippen molar-refractivity contribution < 1.29 is 13.2 Å². The van der Waals surface area contributed by atoms with Crippen LogP contribution in [0, 0.1) is 0 Å². The molecular weight excluding hydrogens is 402 g/mol. The Kier molecular flexibility index (Phi) is 7.58. The monoisotopic (exact) mass is 417 g/mol. The fraction of sp³-hybridized carbons (Fsp3) is 0.545. The summed E-state index contributed by atoms with van der Waals surface area (Å²) in [4.78, 5) is 11.7. The summed E-state index contributed by atoms with van der Waals surface area (Å²) in [5.41, 5.74) is 0. The minimum atomic E-state index is -3.61. The van der Waals surface area contributed by atoms with Crippen LogP contribution in [-0.4, -0.2) is 40.0 Å². The molecule has 1 saturated heterocycles. The molecule has 2 heterocycles. The Morgan fingerprint density at radius 2 is 2.05 bits per heavy atom. The number of rotatable bonds is 5. The van der Waals surface area contributed by atoms with E-state index < -0.39 is 10.0 Å². The SMILES string of the molecule is Cl.O=C(CNS(=O)(=O)c1ccc(Br)s1)NC1CCNCC1. The predicted octanol–water partition coefficient (Wildman–Crippen LogP) is 1.08. The molecule has 0 spiro atoms. The minimum Gasteiger partial charge on any atom is -0.352 e. The Bertz CT molecular complexity index is 573. The number of nitrogens with one attached hydrogen (secondary N) is 3. The first-order valence-corrected chi connectivity index (χ1v) is 9.32. The van der Waals surface area contributed by atoms with Crippen LogP contribution >= 0.6 is 39.7 Å². The van der Waals surface area contributed by atoms with E-state index in [1.54, 1.807) is 6.07 Å². The fourth-order valence-electron chi connectivity index (χ4n) is 1.92. The Balaban J connectivity index is 0.00000220. The van der Waals surface area contributed by atoms with Crippen LogP contribution in [-0.2, 0) is 14.8 Å². The zero-order chi connectivity index (χ0) is 14.6. The molecule has 3 N–H and O–H groups in total. The predicted molar refractivity (Wildman–Crippen MR) is 88.5 cm³/mol. The molecule has 0 saturated carbocycles. The average Bonchev–Trinajstić information content (AvgIpc) is 2.85. The van der Waals surface area contributed by atoms with E-state index in [2.05, 4.69) is 31.3 Å². The number of sulfonamides is 1. The molecule has 1 aliphatic rings. The van der Waals surface area contributed by atoms with Crippen molar-refractivity contribution in [2.75, 3.05) is 19.6 Å². The number of thiophene rings is 1. The number of hydrogen-bond donors (Lipinski definition) is 3. The van der Waals surface area contributed by atoms with Crippen LogP contribution in [0.3, 0.4) is 0 Å². The van der Waals surface area contributed by atoms with Crippen molar-refractivity contribution in [1.29, 1.82) is 0 Å². The van der Waals surface area contributed by atoms with Gasteiger partial charge >= 0.3 is 0 Å². The second-order valence-electron chi connectivity index (χ2n) is 4.47. The maximum atomic E-state index is 11.9. The third-order valence-corrected chi connectivity index (χ3v) is 6.46. The molecule has 6 nitrogen and oxygen atoms in total. The van der Waals surface area contributed by atoms with Crippen LogP contribution in [0.25, 0.3) is 0 Å². The van der Waals surface area contributed by atoms with Gasteiger partial charge in [-0.2, -0.15) is 0 Å². The lowest BCUT2D eigenvalue weighted by Gasteiger charge is -2.23. The summed E-state index contributed by atoms with van der Waals surface area (Å²) >= 11 is 4.32. The highest BCUT2D eigenvalue weighted by molar-refractivity contribution is 9.11. The highest BCUT2D eigenvalue weighted by atomic mass is 79.9. The van der Waals surface area contributed by atoms with Gasteiger partial charge in [0.05, 0.1) is 10.3 Å². The minimum absolute atomic E-state index is 0. The summed E-state index contributed by atoms with van der Waals surface area (Å²) in [6.07, 6.45) is 1.74. The summed E-state index contributed by atoms with van der Waals surface area (Å²) in [6, 6.07) is 3.29. The van der Waals surface area contributed by atoms with Crippen molar-refractivity contribution in [2.45, 2.75) is 23.1 Å². The van der Waals surface area contributed by atoms with Gasteiger partial charge in [0.25, 0.3) is 10.0 Å². The van der Waals surface area contributed by atoms with Crippen LogP contribution in [0.15, 0.2) is 20.1 Å². The largest absolute Gasteiger partial charge is 0.352 e. The molecule has 0 aliphatic carbocycles. The first kappa shape index (κ1) is 18.9. The summed E-state index contributed by atoms with van der Waals surface area (Å²) < 4.78 is 27.1. The van der Waals surface area contributed by atoms with E-state index in [1.807, 2.05) is 0 Å². The number of hydrogen-bond acceptors (Lipinski definition) is 5. The number of carbonyl (C=O) groups excluding carboxylic acids is 1. The molecule has 2 rings (SSSR count). The molecule has 1 aromatic rings. The molecular formula is C11H17BrClN3O3S2. The molecule has 21 heavy (non-hydrogen) atoms. The quantitative estimate of drug-likeness (QED) is 0.668. The summed E-state index contributed by atoms with van der Waals surface area (Å²) in [7, 11) is -3.61. The number of amides is 1. The third-order valence-electron chi connectivity index (χ3n) is 2.94. The number of halogens is 2. The average molecular weight is 419 g/mol. The lowest BCUT2D eigenvalue weighted by molar-refractivity contribution is -0.120. The van der Waals surface area contributed by atoms with Crippen LogP contribution in [0.2, 0.25) is 0 Å². The van der Waals surface area contributed by atoms with Gasteiger partial charge in [-0.1, -0.05) is 0 Å². The maximum Gasteiger partial charge on any atom is 0.250 e. The van der Waals surface area contributed by atoms with E-state index in [1.165, 1.54) is 6.07 Å². The first-order chi connectivity index (χ1) is 9.47. The molecule has 0 aromatic carbocycles. The number of carbonyl (C=O) groups is 1. The molecule has 1 amide bonds. The van der Waals surface area contributed by atoms with E-state index in [-0.39, 0.29) is 35.1 Å². The van der Waals surface area contributed by atoms with Crippen molar-refractivity contribution in [3.63, 3.8) is 0 Å². The molecule has 0 radical (unpaired) electrons. The van der Waals surface area contributed by atoms with Crippen LogP contribution in [0.5, 0.6) is 0 Å². The van der Waals surface area contributed by atoms with E-state index >= 15 is 0 Å². The summed E-state index contributed by atoms with van der Waals surface area (Å²) in [5.74, 6) is -0.295. The van der Waals surface area contributed by atoms with Crippen LogP contribution in [0.1, 0.15) is 12.8 Å². The Labute approximate surface area is 142 Å². The topological polar surface area (TPSA) is 87.3 Å². The lowest BCUT2D eigenvalue weighted by Crippen LogP contribution is -2.46. The zero-order valence-electron chi connectivity index (χ0n) is 11.1. The van der Waals surface area contributed by atoms with E-state index in [9.17, 15) is 13.2 Å². The molecule has 1 aromatic heterocycles. The van der Waals surface area contributed by atoms with Gasteiger partial charge in [0.2, 0.25) is 5.91 Å². The van der Waals surface area contributed by atoms with Crippen LogP contribution in [0.4, 0.5) is 0 Å². The van der Waals surface area contributed by atoms with Crippen molar-refractivity contribution in [2.24, 2.45) is 0 Å².